The molecular weight excluding hydrogens is 829 g/mol. The largest absolute Gasteiger partial charge is 0.497 e. The summed E-state index contributed by atoms with van der Waals surface area (Å²) >= 11 is 0. The summed E-state index contributed by atoms with van der Waals surface area (Å²) in [5.41, 5.74) is 25.2. The minimum Gasteiger partial charge on any atom is -0.497 e. The van der Waals surface area contributed by atoms with Crippen molar-refractivity contribution in [1.29, 1.82) is 0 Å². The number of rotatable bonds is 13. The molecule has 1 amide bonds. The number of carboxylic acid groups (broad SMARTS) is 1. The standard InChI is InChI=1S/C25H23N3O4.C19H17NO5.C6H8N2/c1-30-20-11-3-16(4-12-20)24-22(15-23(29)27-19-9-7-18(26)8-10-19)32-28-25(24)17-5-13-21(31-2)14-6-17;1-23-14-7-3-12(4-8-14)18-16(11-17(21)22)25-20-19(18)13-5-9-15(24-2)10-6-13;7-5-1-2-6(8)4-3-5/h3-14H,15,26H2,1-2H3,(H,27,29);3-10H,11H2,1-2H3,(H,21,22);1-4H,7-8H2. The molecule has 2 heterocycles. The van der Waals surface area contributed by atoms with Gasteiger partial charge in [-0.3, -0.25) is 9.59 Å². The third-order valence-corrected chi connectivity index (χ3v) is 9.77. The summed E-state index contributed by atoms with van der Waals surface area (Å²) < 4.78 is 31.8. The number of carbonyl (C=O) groups is 2. The van der Waals surface area contributed by atoms with E-state index < -0.39 is 5.97 Å². The SMILES string of the molecule is COc1ccc(-c2noc(CC(=O)Nc3ccc(N)cc3)c2-c2ccc(OC)cc2)cc1.COc1ccc(-c2noc(CC(=O)O)c2-c2ccc(OC)cc2)cc1.Nc1ccc(N)cc1. The molecule has 332 valence electrons. The van der Waals surface area contributed by atoms with Crippen LogP contribution in [0.5, 0.6) is 23.0 Å². The highest BCUT2D eigenvalue weighted by atomic mass is 16.5. The van der Waals surface area contributed by atoms with Crippen LogP contribution in [0.1, 0.15) is 11.5 Å². The number of aromatic nitrogens is 2. The molecule has 8 aromatic rings. The van der Waals surface area contributed by atoms with Gasteiger partial charge < -0.3 is 55.6 Å². The lowest BCUT2D eigenvalue weighted by Crippen LogP contribution is -2.14. The monoisotopic (exact) mass is 876 g/mol. The van der Waals surface area contributed by atoms with E-state index in [2.05, 4.69) is 15.6 Å². The third kappa shape index (κ3) is 12.2. The first-order valence-corrected chi connectivity index (χ1v) is 20.0. The number of carboxylic acids is 1. The van der Waals surface area contributed by atoms with Crippen molar-refractivity contribution in [3.63, 3.8) is 0 Å². The van der Waals surface area contributed by atoms with Crippen molar-refractivity contribution in [2.45, 2.75) is 12.8 Å². The number of amides is 1. The molecule has 0 aliphatic carbocycles. The Kier molecular flexibility index (Phi) is 15.4. The zero-order valence-corrected chi connectivity index (χ0v) is 36.1. The maximum Gasteiger partial charge on any atom is 0.311 e. The van der Waals surface area contributed by atoms with Gasteiger partial charge in [0.15, 0.2) is 11.5 Å². The number of methoxy groups -OCH3 is 4. The molecule has 15 nitrogen and oxygen atoms in total. The molecule has 0 saturated heterocycles. The average molecular weight is 877 g/mol. The predicted octanol–water partition coefficient (Wildman–Crippen LogP) is 9.29. The van der Waals surface area contributed by atoms with Crippen LogP contribution >= 0.6 is 0 Å². The normalized spacial score (nSPS) is 10.3. The molecule has 0 aliphatic heterocycles. The molecule has 2 aromatic heterocycles. The maximum absolute atomic E-state index is 12.7. The maximum atomic E-state index is 12.7. The first-order valence-electron chi connectivity index (χ1n) is 20.0. The summed E-state index contributed by atoms with van der Waals surface area (Å²) in [6.45, 7) is 0. The summed E-state index contributed by atoms with van der Waals surface area (Å²) in [7, 11) is 6.42. The van der Waals surface area contributed by atoms with Gasteiger partial charge in [-0.05, 0) is 132 Å². The fraction of sp³-hybridized carbons (Fsp3) is 0.120. The number of nitrogen functional groups attached to an aromatic ring is 3. The van der Waals surface area contributed by atoms with Gasteiger partial charge in [0, 0.05) is 33.9 Å². The number of carbonyl (C=O) groups excluding carboxylic acids is 1. The molecule has 0 atom stereocenters. The van der Waals surface area contributed by atoms with Crippen molar-refractivity contribution in [3.8, 4) is 67.8 Å². The molecule has 6 aromatic carbocycles. The first kappa shape index (κ1) is 45.8. The number of nitrogens with two attached hydrogens (primary N) is 3. The molecule has 65 heavy (non-hydrogen) atoms. The smallest absolute Gasteiger partial charge is 0.311 e. The zero-order valence-electron chi connectivity index (χ0n) is 36.1. The van der Waals surface area contributed by atoms with Gasteiger partial charge in [0.05, 0.1) is 46.0 Å². The number of hydrogen-bond donors (Lipinski definition) is 5. The second-order valence-electron chi connectivity index (χ2n) is 14.2. The lowest BCUT2D eigenvalue weighted by Gasteiger charge is -2.08. The Balaban J connectivity index is 0.000000188. The van der Waals surface area contributed by atoms with Crippen LogP contribution in [0.2, 0.25) is 0 Å². The number of hydrogen-bond acceptors (Lipinski definition) is 13. The number of benzene rings is 6. The Morgan fingerprint density at radius 2 is 0.785 bits per heavy atom. The Hall–Kier alpha value is -8.72. The van der Waals surface area contributed by atoms with E-state index in [4.69, 9.17) is 50.3 Å². The van der Waals surface area contributed by atoms with E-state index in [1.807, 2.05) is 97.1 Å². The van der Waals surface area contributed by atoms with E-state index in [1.165, 1.54) is 0 Å². The number of anilines is 4. The summed E-state index contributed by atoms with van der Waals surface area (Å²) in [6.07, 6.45) is -0.223. The van der Waals surface area contributed by atoms with Crippen LogP contribution < -0.4 is 41.5 Å². The number of ether oxygens (including phenoxy) is 4. The summed E-state index contributed by atoms with van der Waals surface area (Å²) in [6, 6.07) is 43.8. The van der Waals surface area contributed by atoms with E-state index >= 15 is 0 Å². The first-order chi connectivity index (χ1) is 31.5. The topological polar surface area (TPSA) is 233 Å². The molecular formula is C50H48N6O9. The van der Waals surface area contributed by atoms with Gasteiger partial charge in [-0.2, -0.15) is 0 Å². The molecule has 8 N–H and O–H groups in total. The van der Waals surface area contributed by atoms with Crippen LogP contribution in [0.15, 0.2) is 155 Å². The van der Waals surface area contributed by atoms with E-state index in [-0.39, 0.29) is 18.7 Å². The van der Waals surface area contributed by atoms with Gasteiger partial charge in [-0.15, -0.1) is 0 Å². The van der Waals surface area contributed by atoms with Gasteiger partial charge in [0.1, 0.15) is 40.8 Å². The van der Waals surface area contributed by atoms with Crippen molar-refractivity contribution in [2.75, 3.05) is 51.0 Å². The second-order valence-corrected chi connectivity index (χ2v) is 14.2. The molecule has 15 heteroatoms. The fourth-order valence-electron chi connectivity index (χ4n) is 6.44. The van der Waals surface area contributed by atoms with Gasteiger partial charge >= 0.3 is 5.97 Å². The highest BCUT2D eigenvalue weighted by Crippen LogP contribution is 2.38. The average Bonchev–Trinajstić information content (AvgIpc) is 3.95. The van der Waals surface area contributed by atoms with E-state index in [1.54, 1.807) is 77.0 Å². The second kappa shape index (κ2) is 21.9. The summed E-state index contributed by atoms with van der Waals surface area (Å²) in [5.74, 6) is 2.49. The van der Waals surface area contributed by atoms with Crippen LogP contribution in [-0.2, 0) is 22.4 Å². The van der Waals surface area contributed by atoms with Gasteiger partial charge in [0.2, 0.25) is 5.91 Å². The van der Waals surface area contributed by atoms with Crippen LogP contribution in [0.4, 0.5) is 22.7 Å². The Morgan fingerprint density at radius 1 is 0.477 bits per heavy atom. The quantitative estimate of drug-likeness (QED) is 0.0680. The molecule has 0 unspecified atom stereocenters. The lowest BCUT2D eigenvalue weighted by atomic mass is 9.97. The van der Waals surface area contributed by atoms with Gasteiger partial charge in [0.25, 0.3) is 0 Å². The van der Waals surface area contributed by atoms with Crippen LogP contribution in [-0.4, -0.2) is 55.7 Å². The van der Waals surface area contributed by atoms with Crippen LogP contribution in [0.25, 0.3) is 44.8 Å². The third-order valence-electron chi connectivity index (χ3n) is 9.77. The Morgan fingerprint density at radius 3 is 1.11 bits per heavy atom. The fourth-order valence-corrected chi connectivity index (χ4v) is 6.44. The lowest BCUT2D eigenvalue weighted by molar-refractivity contribution is -0.136. The Bertz CT molecular complexity index is 2750. The molecule has 0 spiro atoms. The highest BCUT2D eigenvalue weighted by Gasteiger charge is 2.23. The number of nitrogens with one attached hydrogen (secondary N) is 1. The van der Waals surface area contributed by atoms with Crippen molar-refractivity contribution >= 4 is 34.6 Å². The zero-order chi connectivity index (χ0) is 46.3. The molecule has 0 radical (unpaired) electrons. The molecule has 8 rings (SSSR count). The van der Waals surface area contributed by atoms with Crippen molar-refractivity contribution in [3.05, 3.63) is 157 Å². The number of aliphatic carboxylic acids is 1. The highest BCUT2D eigenvalue weighted by molar-refractivity contribution is 5.94. The molecule has 0 saturated carbocycles. The minimum atomic E-state index is -0.979. The van der Waals surface area contributed by atoms with Crippen molar-refractivity contribution in [1.82, 2.24) is 10.3 Å². The van der Waals surface area contributed by atoms with Gasteiger partial charge in [-0.25, -0.2) is 0 Å². The Labute approximate surface area is 375 Å². The van der Waals surface area contributed by atoms with Crippen LogP contribution in [0, 0.1) is 0 Å². The molecule has 0 aliphatic rings. The number of nitrogens with zero attached hydrogens (tertiary/aromatic N) is 2. The van der Waals surface area contributed by atoms with Crippen LogP contribution in [0.3, 0.4) is 0 Å². The van der Waals surface area contributed by atoms with Crippen molar-refractivity contribution < 1.29 is 42.7 Å². The molecule has 0 fully saturated rings. The van der Waals surface area contributed by atoms with E-state index in [0.717, 1.165) is 56.4 Å². The molecule has 0 bridgehead atoms. The van der Waals surface area contributed by atoms with E-state index in [0.29, 0.717) is 45.6 Å². The van der Waals surface area contributed by atoms with Gasteiger partial charge in [-0.1, -0.05) is 34.6 Å². The predicted molar refractivity (Wildman–Crippen MR) is 251 cm³/mol. The van der Waals surface area contributed by atoms with E-state index in [9.17, 15) is 9.59 Å². The minimum absolute atomic E-state index is 0.0227. The van der Waals surface area contributed by atoms with Crippen molar-refractivity contribution in [2.24, 2.45) is 0 Å². The summed E-state index contributed by atoms with van der Waals surface area (Å²) in [4.78, 5) is 23.9. The summed E-state index contributed by atoms with van der Waals surface area (Å²) in [5, 5.41) is 20.4.